The minimum atomic E-state index is -0.0697. The van der Waals surface area contributed by atoms with Crippen molar-refractivity contribution in [1.29, 1.82) is 0 Å². The van der Waals surface area contributed by atoms with Crippen molar-refractivity contribution < 1.29 is 0 Å². The van der Waals surface area contributed by atoms with E-state index in [1.165, 1.54) is 37.3 Å². The van der Waals surface area contributed by atoms with Crippen molar-refractivity contribution in [3.05, 3.63) is 76.1 Å². The summed E-state index contributed by atoms with van der Waals surface area (Å²) >= 11 is 7.48. The van der Waals surface area contributed by atoms with E-state index >= 15 is 0 Å². The molecule has 6 rings (SSSR count). The predicted octanol–water partition coefficient (Wildman–Crippen LogP) is 5.52. The van der Waals surface area contributed by atoms with Gasteiger partial charge in [-0.15, -0.1) is 11.3 Å². The molecule has 1 aliphatic heterocycles. The lowest BCUT2D eigenvalue weighted by atomic mass is 10.2. The number of thiophene rings is 1. The third-order valence-electron chi connectivity index (χ3n) is 6.61. The molecule has 1 aliphatic rings. The van der Waals surface area contributed by atoms with Crippen LogP contribution in [0, 0.1) is 6.92 Å². The average Bonchev–Trinajstić information content (AvgIpc) is 3.57. The monoisotopic (exact) mass is 489 g/mol. The molecule has 34 heavy (non-hydrogen) atoms. The van der Waals surface area contributed by atoms with E-state index in [0.29, 0.717) is 15.2 Å². The van der Waals surface area contributed by atoms with Crippen molar-refractivity contribution in [3.8, 4) is 16.1 Å². The van der Waals surface area contributed by atoms with E-state index in [-0.39, 0.29) is 5.56 Å². The number of halogens is 1. The van der Waals surface area contributed by atoms with Crippen LogP contribution >= 0.6 is 22.9 Å². The lowest BCUT2D eigenvalue weighted by Crippen LogP contribution is -2.24. The quantitative estimate of drug-likeness (QED) is 0.326. The summed E-state index contributed by atoms with van der Waals surface area (Å²) in [5.41, 5.74) is 4.44. The number of aryl methyl sites for hydroxylation is 1. The van der Waals surface area contributed by atoms with Gasteiger partial charge in [0.15, 0.2) is 0 Å². The summed E-state index contributed by atoms with van der Waals surface area (Å²) in [7, 11) is 0. The number of hydrogen-bond acceptors (Lipinski definition) is 5. The zero-order valence-electron chi connectivity index (χ0n) is 18.9. The molecule has 2 aromatic carbocycles. The zero-order valence-corrected chi connectivity index (χ0v) is 20.4. The summed E-state index contributed by atoms with van der Waals surface area (Å²) in [4.78, 5) is 26.2. The Morgan fingerprint density at radius 3 is 2.59 bits per heavy atom. The van der Waals surface area contributed by atoms with Crippen LogP contribution in [0.15, 0.2) is 59.7 Å². The Morgan fingerprint density at radius 1 is 1.00 bits per heavy atom. The molecule has 0 spiro atoms. The van der Waals surface area contributed by atoms with Gasteiger partial charge in [-0.1, -0.05) is 23.7 Å². The Labute approximate surface area is 206 Å². The highest BCUT2D eigenvalue weighted by atomic mass is 35.5. The number of fused-ring (bicyclic) bond motifs is 2. The first-order valence-electron chi connectivity index (χ1n) is 11.5. The Bertz CT molecular complexity index is 1560. The number of rotatable bonds is 5. The lowest BCUT2D eigenvalue weighted by Gasteiger charge is -2.16. The molecule has 0 unspecified atom stereocenters. The number of imidazole rings is 1. The first-order valence-corrected chi connectivity index (χ1v) is 12.7. The summed E-state index contributed by atoms with van der Waals surface area (Å²) in [6.07, 6.45) is 4.21. The SMILES string of the molecule is Cc1nc2cc(-n3cnc4cc(-c5ccc(Cl)cc5)sc4c3=O)ccc2n1CCN1CCCC1. The molecule has 0 bridgehead atoms. The number of nitrogens with zero attached hydrogens (tertiary/aromatic N) is 5. The van der Waals surface area contributed by atoms with Crippen LogP contribution < -0.4 is 5.56 Å². The van der Waals surface area contributed by atoms with Crippen molar-refractivity contribution in [3.63, 3.8) is 0 Å². The summed E-state index contributed by atoms with van der Waals surface area (Å²) in [5.74, 6) is 0.998. The normalized spacial score (nSPS) is 14.5. The fourth-order valence-electron chi connectivity index (χ4n) is 4.77. The van der Waals surface area contributed by atoms with Crippen LogP contribution in [0.2, 0.25) is 5.02 Å². The molecule has 0 saturated carbocycles. The molecule has 5 aromatic rings. The second-order valence-electron chi connectivity index (χ2n) is 8.78. The third-order valence-corrected chi connectivity index (χ3v) is 8.02. The molecular formula is C26H24ClN5OS. The van der Waals surface area contributed by atoms with E-state index in [2.05, 4.69) is 20.5 Å². The summed E-state index contributed by atoms with van der Waals surface area (Å²) in [6.45, 7) is 6.40. The first kappa shape index (κ1) is 21.5. The predicted molar refractivity (Wildman–Crippen MR) is 139 cm³/mol. The molecule has 0 aliphatic carbocycles. The maximum absolute atomic E-state index is 13.4. The van der Waals surface area contributed by atoms with Gasteiger partial charge in [0, 0.05) is 23.0 Å². The molecule has 172 valence electrons. The molecule has 4 heterocycles. The molecule has 0 radical (unpaired) electrons. The summed E-state index contributed by atoms with van der Waals surface area (Å²) in [6, 6.07) is 15.6. The highest BCUT2D eigenvalue weighted by molar-refractivity contribution is 7.22. The Hall–Kier alpha value is -3.00. The van der Waals surface area contributed by atoms with Crippen LogP contribution in [0.4, 0.5) is 0 Å². The van der Waals surface area contributed by atoms with Crippen molar-refractivity contribution in [2.45, 2.75) is 26.3 Å². The van der Waals surface area contributed by atoms with Gasteiger partial charge < -0.3 is 9.47 Å². The van der Waals surface area contributed by atoms with Crippen LogP contribution in [-0.2, 0) is 6.54 Å². The largest absolute Gasteiger partial charge is 0.327 e. The highest BCUT2D eigenvalue weighted by Gasteiger charge is 2.15. The molecule has 3 aromatic heterocycles. The van der Waals surface area contributed by atoms with E-state index in [9.17, 15) is 4.79 Å². The maximum atomic E-state index is 13.4. The van der Waals surface area contributed by atoms with Crippen LogP contribution in [-0.4, -0.2) is 43.6 Å². The molecular weight excluding hydrogens is 466 g/mol. The van der Waals surface area contributed by atoms with E-state index < -0.39 is 0 Å². The second-order valence-corrected chi connectivity index (χ2v) is 10.3. The van der Waals surface area contributed by atoms with Gasteiger partial charge in [-0.25, -0.2) is 9.97 Å². The Kier molecular flexibility index (Phi) is 5.48. The van der Waals surface area contributed by atoms with Gasteiger partial charge >= 0.3 is 0 Å². The van der Waals surface area contributed by atoms with E-state index in [1.807, 2.05) is 49.4 Å². The van der Waals surface area contributed by atoms with Gasteiger partial charge in [-0.05, 0) is 74.8 Å². The van der Waals surface area contributed by atoms with Gasteiger partial charge in [0.25, 0.3) is 5.56 Å². The highest BCUT2D eigenvalue weighted by Crippen LogP contribution is 2.31. The van der Waals surface area contributed by atoms with E-state index in [4.69, 9.17) is 16.6 Å². The minimum absolute atomic E-state index is 0.0697. The topological polar surface area (TPSA) is 56.0 Å². The zero-order chi connectivity index (χ0) is 23.2. The van der Waals surface area contributed by atoms with Crippen molar-refractivity contribution in [2.24, 2.45) is 0 Å². The van der Waals surface area contributed by atoms with E-state index in [1.54, 1.807) is 10.9 Å². The molecule has 8 heteroatoms. The Morgan fingerprint density at radius 2 is 1.79 bits per heavy atom. The maximum Gasteiger partial charge on any atom is 0.275 e. The molecule has 0 amide bonds. The standard InChI is InChI=1S/C26H24ClN5OS/c1-17-29-21-14-20(8-9-23(21)31(17)13-12-30-10-2-3-11-30)32-16-28-22-15-24(34-25(22)26(32)33)18-4-6-19(27)7-5-18/h4-9,14-16H,2-3,10-13H2,1H3. The lowest BCUT2D eigenvalue weighted by molar-refractivity contribution is 0.323. The van der Waals surface area contributed by atoms with Gasteiger partial charge in [0.2, 0.25) is 0 Å². The Balaban J connectivity index is 1.35. The van der Waals surface area contributed by atoms with Gasteiger partial charge in [0.05, 0.1) is 22.2 Å². The van der Waals surface area contributed by atoms with Gasteiger partial charge in [-0.3, -0.25) is 9.36 Å². The smallest absolute Gasteiger partial charge is 0.275 e. The van der Waals surface area contributed by atoms with Crippen molar-refractivity contribution >= 4 is 44.2 Å². The summed E-state index contributed by atoms with van der Waals surface area (Å²) < 4.78 is 4.53. The number of benzene rings is 2. The fraction of sp³-hybridized carbons (Fsp3) is 0.269. The second kappa shape index (κ2) is 8.65. The van der Waals surface area contributed by atoms with Crippen LogP contribution in [0.1, 0.15) is 18.7 Å². The molecule has 0 N–H and O–H groups in total. The molecule has 1 fully saturated rings. The fourth-order valence-corrected chi connectivity index (χ4v) is 5.94. The van der Waals surface area contributed by atoms with Crippen molar-refractivity contribution in [1.82, 2.24) is 24.0 Å². The molecule has 0 atom stereocenters. The number of hydrogen-bond donors (Lipinski definition) is 0. The minimum Gasteiger partial charge on any atom is -0.327 e. The van der Waals surface area contributed by atoms with Crippen LogP contribution in [0.3, 0.4) is 0 Å². The first-order chi connectivity index (χ1) is 16.6. The average molecular weight is 490 g/mol. The van der Waals surface area contributed by atoms with Gasteiger partial charge in [-0.2, -0.15) is 0 Å². The van der Waals surface area contributed by atoms with E-state index in [0.717, 1.165) is 46.1 Å². The molecule has 1 saturated heterocycles. The van der Waals surface area contributed by atoms with Gasteiger partial charge in [0.1, 0.15) is 16.9 Å². The molecule has 6 nitrogen and oxygen atoms in total. The number of aromatic nitrogens is 4. The van der Waals surface area contributed by atoms with Crippen LogP contribution in [0.5, 0.6) is 0 Å². The van der Waals surface area contributed by atoms with Crippen molar-refractivity contribution in [2.75, 3.05) is 19.6 Å². The van der Waals surface area contributed by atoms with Crippen LogP contribution in [0.25, 0.3) is 37.4 Å². The summed E-state index contributed by atoms with van der Waals surface area (Å²) in [5, 5.41) is 0.689. The third kappa shape index (κ3) is 3.83. The number of likely N-dealkylation sites (tertiary alicyclic amines) is 1.